The van der Waals surface area contributed by atoms with Crippen molar-refractivity contribution in [2.45, 2.75) is 50.3 Å². The number of aliphatic hydroxyl groups is 4. The van der Waals surface area contributed by atoms with E-state index in [0.717, 1.165) is 0 Å². The highest BCUT2D eigenvalue weighted by Gasteiger charge is 2.55. The largest absolute Gasteiger partial charge is 0.389 e. The van der Waals surface area contributed by atoms with Gasteiger partial charge in [0.25, 0.3) is 0 Å². The Morgan fingerprint density at radius 3 is 2.38 bits per heavy atom. The fraction of sp³-hybridized carbons (Fsp3) is 1.00. The zero-order valence-corrected chi connectivity index (χ0v) is 6.51. The molecule has 0 spiro atoms. The number of hydrogen-bond acceptors (Lipinski definition) is 5. The monoisotopic (exact) mass is 191 g/mol. The maximum absolute atomic E-state index is 9.65. The second-order valence-electron chi connectivity index (χ2n) is 3.64. The van der Waals surface area contributed by atoms with E-state index in [1.165, 1.54) is 0 Å². The maximum Gasteiger partial charge on any atom is 0.145 e. The lowest BCUT2D eigenvalue weighted by Crippen LogP contribution is -2.67. The van der Waals surface area contributed by atoms with Gasteiger partial charge in [-0.2, -0.15) is 0 Å². The molecule has 78 valence electrons. The summed E-state index contributed by atoms with van der Waals surface area (Å²) in [6, 6.07) is -0.298. The second kappa shape index (κ2) is 3.18. The Morgan fingerprint density at radius 1 is 1.15 bits per heavy atom. The molecule has 0 amide bonds. The number of fused-ring (bicyclic) bond motifs is 2. The van der Waals surface area contributed by atoms with Gasteiger partial charge in [0.1, 0.15) is 17.9 Å². The van der Waals surface area contributed by atoms with Crippen molar-refractivity contribution in [1.82, 2.24) is 5.32 Å². The molecular formula is C8H17NO4. The molecule has 2 rings (SSSR count). The lowest BCUT2D eigenvalue weighted by Gasteiger charge is -2.40. The van der Waals surface area contributed by atoms with Gasteiger partial charge in [-0.3, -0.25) is 5.32 Å². The molecule has 13 heavy (non-hydrogen) atoms. The summed E-state index contributed by atoms with van der Waals surface area (Å²) in [6.45, 7) is 0. The number of nitrogens with one attached hydrogen (secondary N) is 1. The van der Waals surface area contributed by atoms with Gasteiger partial charge >= 0.3 is 0 Å². The Morgan fingerprint density at radius 2 is 1.77 bits per heavy atom. The second-order valence-corrected chi connectivity index (χ2v) is 3.64. The summed E-state index contributed by atoms with van der Waals surface area (Å²) in [6.07, 6.45) is -2.59. The van der Waals surface area contributed by atoms with Crippen molar-refractivity contribution < 1.29 is 20.4 Å². The summed E-state index contributed by atoms with van der Waals surface area (Å²) < 4.78 is 0. The molecular weight excluding hydrogens is 174 g/mol. The summed E-state index contributed by atoms with van der Waals surface area (Å²) in [4.78, 5) is 0. The van der Waals surface area contributed by atoms with E-state index in [2.05, 4.69) is 5.32 Å². The van der Waals surface area contributed by atoms with Crippen LogP contribution in [0.1, 0.15) is 20.3 Å². The van der Waals surface area contributed by atoms with E-state index < -0.39 is 24.0 Å². The van der Waals surface area contributed by atoms with E-state index in [0.29, 0.717) is 12.8 Å². The minimum Gasteiger partial charge on any atom is -0.389 e. The lowest BCUT2D eigenvalue weighted by molar-refractivity contribution is -0.186. The third-order valence-corrected chi connectivity index (χ3v) is 2.85. The number of hydrogen-bond donors (Lipinski definition) is 5. The fourth-order valence-electron chi connectivity index (χ4n) is 2.04. The molecule has 5 N–H and O–H groups in total. The Hall–Kier alpha value is -0.200. The molecule has 5 nitrogen and oxygen atoms in total. The Labute approximate surface area is 77.0 Å². The summed E-state index contributed by atoms with van der Waals surface area (Å²) in [7, 11) is 0. The van der Waals surface area contributed by atoms with Crippen molar-refractivity contribution in [2.75, 3.05) is 0 Å². The molecule has 0 aromatic carbocycles. The highest BCUT2D eigenvalue weighted by Crippen LogP contribution is 2.34. The molecule has 2 bridgehead atoms. The van der Waals surface area contributed by atoms with Crippen LogP contribution in [-0.4, -0.2) is 50.5 Å². The van der Waals surface area contributed by atoms with Gasteiger partial charge in [0.15, 0.2) is 0 Å². The molecule has 5 unspecified atom stereocenters. The molecule has 5 heteroatoms. The van der Waals surface area contributed by atoms with E-state index in [4.69, 9.17) is 0 Å². The summed E-state index contributed by atoms with van der Waals surface area (Å²) in [5.41, 5.74) is -1.40. The first-order valence-electron chi connectivity index (χ1n) is 4.09. The van der Waals surface area contributed by atoms with Crippen LogP contribution in [0, 0.1) is 0 Å². The van der Waals surface area contributed by atoms with Crippen LogP contribution in [0.2, 0.25) is 0 Å². The fourth-order valence-corrected chi connectivity index (χ4v) is 2.04. The predicted molar refractivity (Wildman–Crippen MR) is 45.9 cm³/mol. The Balaban J connectivity index is 0.000000845. The third-order valence-electron chi connectivity index (χ3n) is 2.85. The molecule has 2 fully saturated rings. The first kappa shape index (κ1) is 10.9. The molecule has 0 radical (unpaired) electrons. The van der Waals surface area contributed by atoms with Crippen LogP contribution in [-0.2, 0) is 0 Å². The van der Waals surface area contributed by atoms with Gasteiger partial charge < -0.3 is 20.4 Å². The lowest BCUT2D eigenvalue weighted by atomic mass is 9.94. The smallest absolute Gasteiger partial charge is 0.145 e. The van der Waals surface area contributed by atoms with Crippen LogP contribution in [0.5, 0.6) is 0 Å². The van der Waals surface area contributed by atoms with E-state index in [-0.39, 0.29) is 13.5 Å². The zero-order chi connectivity index (χ0) is 8.93. The van der Waals surface area contributed by atoms with Crippen molar-refractivity contribution >= 4 is 0 Å². The van der Waals surface area contributed by atoms with Gasteiger partial charge in [-0.1, -0.05) is 7.43 Å². The molecule has 0 saturated carbocycles. The number of piperidine rings is 1. The average molecular weight is 191 g/mol. The standard InChI is InChI=1S/C7H13NO4.CH4/c9-4-3-1-2-7(12,8-3)6(11)5(4)10;/h3-6,8-12H,1-2H2;1H4. The quantitative estimate of drug-likeness (QED) is 0.310. The van der Waals surface area contributed by atoms with Crippen LogP contribution in [0.4, 0.5) is 0 Å². The molecule has 2 saturated heterocycles. The first-order chi connectivity index (χ1) is 5.54. The minimum atomic E-state index is -1.40. The molecule has 2 aliphatic rings. The van der Waals surface area contributed by atoms with E-state index in [9.17, 15) is 20.4 Å². The number of aliphatic hydroxyl groups excluding tert-OH is 3. The molecule has 0 aliphatic carbocycles. The Kier molecular flexibility index (Phi) is 2.66. The van der Waals surface area contributed by atoms with Crippen molar-refractivity contribution in [3.05, 3.63) is 0 Å². The van der Waals surface area contributed by atoms with Gasteiger partial charge in [0, 0.05) is 6.04 Å². The summed E-state index contributed by atoms with van der Waals surface area (Å²) >= 11 is 0. The van der Waals surface area contributed by atoms with Crippen LogP contribution in [0.3, 0.4) is 0 Å². The molecule has 0 aromatic rings. The minimum absolute atomic E-state index is 0. The van der Waals surface area contributed by atoms with Gasteiger partial charge in [-0.05, 0) is 12.8 Å². The van der Waals surface area contributed by atoms with E-state index in [1.807, 2.05) is 0 Å². The SMILES string of the molecule is C.OC1C2CCC(O)(N2)C(O)C1O. The highest BCUT2D eigenvalue weighted by molar-refractivity contribution is 5.07. The van der Waals surface area contributed by atoms with Gasteiger partial charge in [-0.25, -0.2) is 0 Å². The predicted octanol–water partition coefficient (Wildman–Crippen LogP) is -1.84. The third kappa shape index (κ3) is 1.37. The van der Waals surface area contributed by atoms with Crippen LogP contribution in [0.15, 0.2) is 0 Å². The first-order valence-corrected chi connectivity index (χ1v) is 4.09. The summed E-state index contributed by atoms with van der Waals surface area (Å²) in [5, 5.41) is 40.4. The van der Waals surface area contributed by atoms with Gasteiger partial charge in [-0.15, -0.1) is 0 Å². The van der Waals surface area contributed by atoms with Crippen LogP contribution < -0.4 is 5.32 Å². The normalized spacial score (nSPS) is 54.5. The van der Waals surface area contributed by atoms with Crippen molar-refractivity contribution in [2.24, 2.45) is 0 Å². The van der Waals surface area contributed by atoms with Crippen molar-refractivity contribution in [3.63, 3.8) is 0 Å². The maximum atomic E-state index is 9.65. The molecule has 5 atom stereocenters. The van der Waals surface area contributed by atoms with Crippen molar-refractivity contribution in [1.29, 1.82) is 0 Å². The topological polar surface area (TPSA) is 93.0 Å². The zero-order valence-electron chi connectivity index (χ0n) is 6.51. The molecule has 0 aromatic heterocycles. The highest BCUT2D eigenvalue weighted by atomic mass is 16.4. The van der Waals surface area contributed by atoms with Gasteiger partial charge in [0.2, 0.25) is 0 Å². The van der Waals surface area contributed by atoms with E-state index >= 15 is 0 Å². The van der Waals surface area contributed by atoms with Gasteiger partial charge in [0.05, 0.1) is 6.10 Å². The average Bonchev–Trinajstić information content (AvgIpc) is 2.41. The number of rotatable bonds is 0. The Bertz CT molecular complexity index is 201. The van der Waals surface area contributed by atoms with Crippen LogP contribution >= 0.6 is 0 Å². The molecule has 2 heterocycles. The van der Waals surface area contributed by atoms with Crippen molar-refractivity contribution in [3.8, 4) is 0 Å². The van der Waals surface area contributed by atoms with E-state index in [1.54, 1.807) is 0 Å². The molecule has 2 aliphatic heterocycles. The summed E-state index contributed by atoms with van der Waals surface area (Å²) in [5.74, 6) is 0. The van der Waals surface area contributed by atoms with Crippen LogP contribution in [0.25, 0.3) is 0 Å².